The first-order valence-corrected chi connectivity index (χ1v) is 11.5. The van der Waals surface area contributed by atoms with E-state index in [-0.39, 0.29) is 26.9 Å². The molecule has 2 aromatic carbocycles. The number of aromatic carboxylic acids is 1. The molecule has 1 saturated heterocycles. The molecule has 180 valence electrons. The lowest BCUT2D eigenvalue weighted by molar-refractivity contribution is 0.0695. The number of carboxylic acid groups (broad SMARTS) is 1. The van der Waals surface area contributed by atoms with Gasteiger partial charge in [-0.05, 0) is 37.3 Å². The van der Waals surface area contributed by atoms with Crippen molar-refractivity contribution in [1.82, 2.24) is 9.55 Å². The van der Waals surface area contributed by atoms with Gasteiger partial charge in [0.2, 0.25) is 5.43 Å². The van der Waals surface area contributed by atoms with Gasteiger partial charge in [-0.2, -0.15) is 0 Å². The van der Waals surface area contributed by atoms with Gasteiger partial charge in [-0.1, -0.05) is 11.6 Å². The molecule has 0 atom stereocenters. The Morgan fingerprint density at radius 3 is 2.49 bits per heavy atom. The van der Waals surface area contributed by atoms with Crippen molar-refractivity contribution in [3.05, 3.63) is 75.2 Å². The Balaban J connectivity index is 1.52. The van der Waals surface area contributed by atoms with E-state index in [1.165, 1.54) is 18.5 Å². The van der Waals surface area contributed by atoms with Gasteiger partial charge in [-0.25, -0.2) is 13.6 Å². The lowest BCUT2D eigenvalue weighted by atomic mass is 10.1. The van der Waals surface area contributed by atoms with Crippen LogP contribution in [0, 0.1) is 11.6 Å². The van der Waals surface area contributed by atoms with E-state index in [1.54, 1.807) is 28.8 Å². The number of nitrogens with zero attached hydrogens (tertiary/aromatic N) is 4. The fourth-order valence-corrected chi connectivity index (χ4v) is 4.81. The third-order valence-electron chi connectivity index (χ3n) is 6.46. The van der Waals surface area contributed by atoms with Crippen molar-refractivity contribution in [3.63, 3.8) is 0 Å². The zero-order valence-corrected chi connectivity index (χ0v) is 19.5. The summed E-state index contributed by atoms with van der Waals surface area (Å²) in [5, 5.41) is 9.95. The highest BCUT2D eigenvalue weighted by molar-refractivity contribution is 6.31. The predicted octanol–water partition coefficient (Wildman–Crippen LogP) is 4.53. The number of aromatic nitrogens is 2. The smallest absolute Gasteiger partial charge is 0.341 e. The van der Waals surface area contributed by atoms with Crippen LogP contribution in [-0.4, -0.2) is 46.8 Å². The summed E-state index contributed by atoms with van der Waals surface area (Å²) in [7, 11) is 0. The molecule has 0 amide bonds. The van der Waals surface area contributed by atoms with Gasteiger partial charge < -0.3 is 19.5 Å². The van der Waals surface area contributed by atoms with E-state index in [1.807, 2.05) is 16.7 Å². The second-order valence-corrected chi connectivity index (χ2v) is 8.76. The van der Waals surface area contributed by atoms with Gasteiger partial charge in [-0.3, -0.25) is 9.78 Å². The first kappa shape index (κ1) is 23.0. The summed E-state index contributed by atoms with van der Waals surface area (Å²) in [6.07, 6.45) is 2.70. The summed E-state index contributed by atoms with van der Waals surface area (Å²) in [6, 6.07) is 7.80. The normalized spacial score (nSPS) is 14.2. The molecule has 35 heavy (non-hydrogen) atoms. The van der Waals surface area contributed by atoms with Crippen LogP contribution < -0.4 is 15.2 Å². The number of piperazine rings is 1. The monoisotopic (exact) mass is 498 g/mol. The van der Waals surface area contributed by atoms with Crippen LogP contribution in [0.4, 0.5) is 20.2 Å². The predicted molar refractivity (Wildman–Crippen MR) is 132 cm³/mol. The number of hydrogen-bond acceptors (Lipinski definition) is 5. The molecule has 1 fully saturated rings. The molecular weight excluding hydrogens is 478 g/mol. The number of benzene rings is 2. The van der Waals surface area contributed by atoms with Crippen molar-refractivity contribution in [2.75, 3.05) is 36.0 Å². The molecule has 0 saturated carbocycles. The number of rotatable bonds is 4. The quantitative estimate of drug-likeness (QED) is 0.417. The fraction of sp³-hybridized carbons (Fsp3) is 0.240. The number of carboxylic acids is 1. The molecule has 0 unspecified atom stereocenters. The maximum absolute atomic E-state index is 15.7. The number of pyridine rings is 2. The number of carbonyl (C=O) groups is 1. The van der Waals surface area contributed by atoms with Crippen LogP contribution in [0.25, 0.3) is 21.8 Å². The summed E-state index contributed by atoms with van der Waals surface area (Å²) in [4.78, 5) is 32.8. The number of aryl methyl sites for hydroxylation is 1. The van der Waals surface area contributed by atoms with Gasteiger partial charge >= 0.3 is 5.97 Å². The molecular formula is C25H21ClF2N4O3. The number of fused-ring (bicyclic) bond motifs is 3. The van der Waals surface area contributed by atoms with Crippen molar-refractivity contribution in [1.29, 1.82) is 0 Å². The average Bonchev–Trinajstić information content (AvgIpc) is 2.86. The molecule has 1 aliphatic heterocycles. The van der Waals surface area contributed by atoms with Crippen molar-refractivity contribution in [2.24, 2.45) is 0 Å². The van der Waals surface area contributed by atoms with Gasteiger partial charge in [0.1, 0.15) is 16.9 Å². The Labute approximate surface area is 203 Å². The van der Waals surface area contributed by atoms with E-state index in [4.69, 9.17) is 11.6 Å². The highest BCUT2D eigenvalue weighted by Crippen LogP contribution is 2.31. The van der Waals surface area contributed by atoms with E-state index in [9.17, 15) is 19.1 Å². The molecule has 5 rings (SSSR count). The first-order chi connectivity index (χ1) is 16.8. The minimum absolute atomic E-state index is 0.0186. The Hall–Kier alpha value is -3.72. The van der Waals surface area contributed by atoms with Gasteiger partial charge in [0.05, 0.1) is 27.8 Å². The molecule has 0 radical (unpaired) electrons. The van der Waals surface area contributed by atoms with Crippen LogP contribution >= 0.6 is 11.6 Å². The maximum Gasteiger partial charge on any atom is 0.341 e. The Bertz CT molecular complexity index is 1550. The Kier molecular flexibility index (Phi) is 5.80. The topological polar surface area (TPSA) is 78.7 Å². The first-order valence-electron chi connectivity index (χ1n) is 11.1. The summed E-state index contributed by atoms with van der Waals surface area (Å²) in [6.45, 7) is 4.42. The standard InChI is InChI=1S/C25H21ClF2N4O3/c1-2-30-13-16(25(34)35)24(33)21-15-4-6-19(22(28)23(15)29-12-20(21)30)32-9-7-31(8-10-32)14-3-5-18(27)17(26)11-14/h3-6,11-13H,2,7-10H2,1H3,(H,34,35). The molecule has 1 aliphatic rings. The van der Waals surface area contributed by atoms with Crippen LogP contribution in [0.2, 0.25) is 5.02 Å². The minimum Gasteiger partial charge on any atom is -0.477 e. The Morgan fingerprint density at radius 2 is 1.83 bits per heavy atom. The molecule has 0 bridgehead atoms. The van der Waals surface area contributed by atoms with E-state index < -0.39 is 23.0 Å². The van der Waals surface area contributed by atoms with Crippen LogP contribution in [0.5, 0.6) is 0 Å². The largest absolute Gasteiger partial charge is 0.477 e. The average molecular weight is 499 g/mol. The minimum atomic E-state index is -1.33. The number of anilines is 2. The van der Waals surface area contributed by atoms with Crippen LogP contribution in [0.3, 0.4) is 0 Å². The molecule has 1 N–H and O–H groups in total. The highest BCUT2D eigenvalue weighted by Gasteiger charge is 2.24. The number of hydrogen-bond donors (Lipinski definition) is 1. The molecule has 0 spiro atoms. The summed E-state index contributed by atoms with van der Waals surface area (Å²) >= 11 is 5.91. The zero-order valence-electron chi connectivity index (χ0n) is 18.8. The van der Waals surface area contributed by atoms with Crippen molar-refractivity contribution >= 4 is 50.8 Å². The van der Waals surface area contributed by atoms with Crippen LogP contribution in [0.15, 0.2) is 47.5 Å². The summed E-state index contributed by atoms with van der Waals surface area (Å²) in [5.74, 6) is -2.37. The van der Waals surface area contributed by atoms with Gasteiger partial charge in [-0.15, -0.1) is 0 Å². The van der Waals surface area contributed by atoms with E-state index >= 15 is 4.39 Å². The maximum atomic E-state index is 15.7. The molecule has 0 aliphatic carbocycles. The van der Waals surface area contributed by atoms with Crippen molar-refractivity contribution in [3.8, 4) is 0 Å². The number of halogens is 3. The lowest BCUT2D eigenvalue weighted by Crippen LogP contribution is -2.46. The van der Waals surface area contributed by atoms with E-state index in [2.05, 4.69) is 4.98 Å². The lowest BCUT2D eigenvalue weighted by Gasteiger charge is -2.37. The molecule has 2 aromatic heterocycles. The fourth-order valence-electron chi connectivity index (χ4n) is 4.63. The molecule has 3 heterocycles. The third kappa shape index (κ3) is 3.85. The van der Waals surface area contributed by atoms with Crippen molar-refractivity contribution < 1.29 is 18.7 Å². The van der Waals surface area contributed by atoms with Crippen molar-refractivity contribution in [2.45, 2.75) is 13.5 Å². The summed E-state index contributed by atoms with van der Waals surface area (Å²) in [5.41, 5.74) is 0.589. The molecule has 10 heteroatoms. The second-order valence-electron chi connectivity index (χ2n) is 8.35. The molecule has 4 aromatic rings. The Morgan fingerprint density at radius 1 is 1.11 bits per heavy atom. The second kappa shape index (κ2) is 8.81. The summed E-state index contributed by atoms with van der Waals surface area (Å²) < 4.78 is 30.8. The van der Waals surface area contributed by atoms with Gasteiger partial charge in [0.15, 0.2) is 5.82 Å². The third-order valence-corrected chi connectivity index (χ3v) is 6.75. The van der Waals surface area contributed by atoms with Crippen LogP contribution in [-0.2, 0) is 6.54 Å². The SMILES string of the molecule is CCn1cc(C(=O)O)c(=O)c2c3ccc(N4CCN(c5ccc(F)c(Cl)c5)CC4)c(F)c3ncc21. The van der Waals surface area contributed by atoms with E-state index in [0.29, 0.717) is 43.9 Å². The van der Waals surface area contributed by atoms with Gasteiger partial charge in [0, 0.05) is 50.0 Å². The molecule has 7 nitrogen and oxygen atoms in total. The zero-order chi connectivity index (χ0) is 24.9. The highest BCUT2D eigenvalue weighted by atomic mass is 35.5. The van der Waals surface area contributed by atoms with E-state index in [0.717, 1.165) is 5.69 Å². The van der Waals surface area contributed by atoms with Crippen LogP contribution in [0.1, 0.15) is 17.3 Å². The van der Waals surface area contributed by atoms with Gasteiger partial charge in [0.25, 0.3) is 0 Å².